The predicted molar refractivity (Wildman–Crippen MR) is 69.8 cm³/mol. The standard InChI is InChI=1S/C13H20N2O3/c1-4-5-15(6-7-16)13(18)11-9(2)8-10(3)14-12(11)17/h8,16H,4-7H2,1-3H3,(H,14,17). The molecule has 0 atom stereocenters. The number of nitrogens with zero attached hydrogens (tertiary/aromatic N) is 1. The number of hydrogen-bond acceptors (Lipinski definition) is 3. The molecular weight excluding hydrogens is 232 g/mol. The fourth-order valence-corrected chi connectivity index (χ4v) is 1.98. The third kappa shape index (κ3) is 3.20. The van der Waals surface area contributed by atoms with Crippen LogP contribution in [0.15, 0.2) is 10.9 Å². The SMILES string of the molecule is CCCN(CCO)C(=O)c1c(C)cc(C)[nH]c1=O. The zero-order valence-corrected chi connectivity index (χ0v) is 11.1. The van der Waals surface area contributed by atoms with Gasteiger partial charge in [-0.05, 0) is 31.9 Å². The van der Waals surface area contributed by atoms with Crippen LogP contribution in [0.5, 0.6) is 0 Å². The van der Waals surface area contributed by atoms with Crippen molar-refractivity contribution in [1.82, 2.24) is 9.88 Å². The maximum absolute atomic E-state index is 12.3. The second-order valence-corrected chi connectivity index (χ2v) is 4.36. The van der Waals surface area contributed by atoms with Gasteiger partial charge in [0.15, 0.2) is 0 Å². The first-order valence-corrected chi connectivity index (χ1v) is 6.11. The number of pyridine rings is 1. The largest absolute Gasteiger partial charge is 0.395 e. The minimum atomic E-state index is -0.364. The summed E-state index contributed by atoms with van der Waals surface area (Å²) in [5, 5.41) is 8.96. The van der Waals surface area contributed by atoms with Crippen LogP contribution in [0.25, 0.3) is 0 Å². The molecule has 0 aliphatic carbocycles. The smallest absolute Gasteiger partial charge is 0.261 e. The van der Waals surface area contributed by atoms with Gasteiger partial charge in [-0.3, -0.25) is 9.59 Å². The Hall–Kier alpha value is -1.62. The highest BCUT2D eigenvalue weighted by Gasteiger charge is 2.20. The van der Waals surface area contributed by atoms with Gasteiger partial charge in [-0.15, -0.1) is 0 Å². The van der Waals surface area contributed by atoms with E-state index in [-0.39, 0.29) is 30.2 Å². The van der Waals surface area contributed by atoms with Crippen molar-refractivity contribution < 1.29 is 9.90 Å². The molecule has 0 radical (unpaired) electrons. The Kier molecular flexibility index (Phi) is 5.09. The number of rotatable bonds is 5. The fraction of sp³-hybridized carbons (Fsp3) is 0.538. The number of aliphatic hydroxyl groups excluding tert-OH is 1. The van der Waals surface area contributed by atoms with Gasteiger partial charge in [0, 0.05) is 18.8 Å². The molecule has 0 aliphatic rings. The number of carbonyl (C=O) groups is 1. The van der Waals surface area contributed by atoms with Gasteiger partial charge in [-0.2, -0.15) is 0 Å². The predicted octanol–water partition coefficient (Wildman–Crippen LogP) is 0.836. The summed E-state index contributed by atoms with van der Waals surface area (Å²) in [6, 6.07) is 1.78. The lowest BCUT2D eigenvalue weighted by Gasteiger charge is -2.21. The van der Waals surface area contributed by atoms with Crippen molar-refractivity contribution >= 4 is 5.91 Å². The molecule has 1 aromatic heterocycles. The molecule has 5 nitrogen and oxygen atoms in total. The molecule has 0 spiro atoms. The molecule has 0 unspecified atom stereocenters. The number of aryl methyl sites for hydroxylation is 2. The van der Waals surface area contributed by atoms with Gasteiger partial charge in [0.1, 0.15) is 5.56 Å². The van der Waals surface area contributed by atoms with Crippen LogP contribution in [0, 0.1) is 13.8 Å². The number of carbonyl (C=O) groups excluding carboxylic acids is 1. The molecule has 1 heterocycles. The number of hydrogen-bond donors (Lipinski definition) is 2. The van der Waals surface area contributed by atoms with Crippen LogP contribution in [-0.4, -0.2) is 40.6 Å². The third-order valence-electron chi connectivity index (χ3n) is 2.73. The molecule has 5 heteroatoms. The molecule has 0 saturated heterocycles. The summed E-state index contributed by atoms with van der Waals surface area (Å²) in [5.74, 6) is -0.315. The van der Waals surface area contributed by atoms with Crippen molar-refractivity contribution in [3.05, 3.63) is 33.2 Å². The van der Waals surface area contributed by atoms with E-state index in [9.17, 15) is 9.59 Å². The minimum absolute atomic E-state index is 0.103. The van der Waals surface area contributed by atoms with Crippen molar-refractivity contribution in [2.75, 3.05) is 19.7 Å². The Morgan fingerprint density at radius 1 is 1.39 bits per heavy atom. The molecule has 1 amide bonds. The molecule has 0 aromatic carbocycles. The first-order valence-electron chi connectivity index (χ1n) is 6.11. The number of aromatic amines is 1. The van der Waals surface area contributed by atoms with Crippen LogP contribution in [0.2, 0.25) is 0 Å². The summed E-state index contributed by atoms with van der Waals surface area (Å²) in [5.41, 5.74) is 1.21. The molecule has 2 N–H and O–H groups in total. The van der Waals surface area contributed by atoms with Crippen LogP contribution < -0.4 is 5.56 Å². The van der Waals surface area contributed by atoms with Crippen molar-refractivity contribution in [2.24, 2.45) is 0 Å². The van der Waals surface area contributed by atoms with Gasteiger partial charge >= 0.3 is 0 Å². The van der Waals surface area contributed by atoms with E-state index in [4.69, 9.17) is 5.11 Å². The highest BCUT2D eigenvalue weighted by atomic mass is 16.3. The summed E-state index contributed by atoms with van der Waals surface area (Å²) < 4.78 is 0. The van der Waals surface area contributed by atoms with Crippen molar-refractivity contribution in [2.45, 2.75) is 27.2 Å². The molecule has 100 valence electrons. The Labute approximate surface area is 106 Å². The molecule has 0 fully saturated rings. The van der Waals surface area contributed by atoms with Gasteiger partial charge in [0.25, 0.3) is 11.5 Å². The van der Waals surface area contributed by atoms with E-state index in [2.05, 4.69) is 4.98 Å². The number of nitrogens with one attached hydrogen (secondary N) is 1. The molecule has 0 aliphatic heterocycles. The molecule has 0 saturated carbocycles. The van der Waals surface area contributed by atoms with E-state index in [1.807, 2.05) is 6.92 Å². The summed E-state index contributed by atoms with van der Waals surface area (Å²) in [4.78, 5) is 28.3. The van der Waals surface area contributed by atoms with Gasteiger partial charge in [0.2, 0.25) is 0 Å². The second kappa shape index (κ2) is 6.35. The van der Waals surface area contributed by atoms with Gasteiger partial charge in [0.05, 0.1) is 6.61 Å². The third-order valence-corrected chi connectivity index (χ3v) is 2.73. The summed E-state index contributed by atoms with van der Waals surface area (Å²) in [7, 11) is 0. The molecule has 1 rings (SSSR count). The monoisotopic (exact) mass is 252 g/mol. The van der Waals surface area contributed by atoms with Crippen LogP contribution in [-0.2, 0) is 0 Å². The average molecular weight is 252 g/mol. The zero-order chi connectivity index (χ0) is 13.7. The Bertz CT molecular complexity index is 474. The van der Waals surface area contributed by atoms with Gasteiger partial charge in [-0.25, -0.2) is 0 Å². The Morgan fingerprint density at radius 2 is 2.06 bits per heavy atom. The quantitative estimate of drug-likeness (QED) is 0.815. The number of aromatic nitrogens is 1. The lowest BCUT2D eigenvalue weighted by molar-refractivity contribution is 0.0719. The van der Waals surface area contributed by atoms with Gasteiger partial charge in [-0.1, -0.05) is 6.92 Å². The van der Waals surface area contributed by atoms with Crippen molar-refractivity contribution in [3.8, 4) is 0 Å². The molecule has 18 heavy (non-hydrogen) atoms. The summed E-state index contributed by atoms with van der Waals surface area (Å²) >= 11 is 0. The molecule has 1 aromatic rings. The van der Waals surface area contributed by atoms with Crippen molar-refractivity contribution in [3.63, 3.8) is 0 Å². The molecule has 0 bridgehead atoms. The second-order valence-electron chi connectivity index (χ2n) is 4.36. The highest BCUT2D eigenvalue weighted by Crippen LogP contribution is 2.07. The normalized spacial score (nSPS) is 10.4. The first-order chi connectivity index (χ1) is 8.51. The maximum atomic E-state index is 12.3. The number of H-pyrrole nitrogens is 1. The van der Waals surface area contributed by atoms with Crippen LogP contribution in [0.3, 0.4) is 0 Å². The zero-order valence-electron chi connectivity index (χ0n) is 11.1. The van der Waals surface area contributed by atoms with Crippen LogP contribution >= 0.6 is 0 Å². The maximum Gasteiger partial charge on any atom is 0.261 e. The Morgan fingerprint density at radius 3 is 2.56 bits per heavy atom. The van der Waals surface area contributed by atoms with E-state index in [0.29, 0.717) is 12.1 Å². The fourth-order valence-electron chi connectivity index (χ4n) is 1.98. The van der Waals surface area contributed by atoms with E-state index in [1.54, 1.807) is 19.9 Å². The minimum Gasteiger partial charge on any atom is -0.395 e. The lowest BCUT2D eigenvalue weighted by Crippen LogP contribution is -2.38. The van der Waals surface area contributed by atoms with Crippen LogP contribution in [0.1, 0.15) is 35.0 Å². The number of amides is 1. The topological polar surface area (TPSA) is 73.4 Å². The molecular formula is C13H20N2O3. The van der Waals surface area contributed by atoms with Gasteiger partial charge < -0.3 is 15.0 Å². The Balaban J connectivity index is 3.12. The average Bonchev–Trinajstić information content (AvgIpc) is 2.27. The van der Waals surface area contributed by atoms with E-state index in [1.165, 1.54) is 4.90 Å². The van der Waals surface area contributed by atoms with Crippen molar-refractivity contribution in [1.29, 1.82) is 0 Å². The number of aliphatic hydroxyl groups is 1. The summed E-state index contributed by atoms with van der Waals surface area (Å²) in [6.45, 7) is 6.16. The first kappa shape index (κ1) is 14.4. The van der Waals surface area contributed by atoms with E-state index in [0.717, 1.165) is 12.1 Å². The summed E-state index contributed by atoms with van der Waals surface area (Å²) in [6.07, 6.45) is 0.786. The van der Waals surface area contributed by atoms with E-state index < -0.39 is 0 Å². The van der Waals surface area contributed by atoms with E-state index >= 15 is 0 Å². The van der Waals surface area contributed by atoms with Crippen LogP contribution in [0.4, 0.5) is 0 Å². The highest BCUT2D eigenvalue weighted by molar-refractivity contribution is 5.95. The lowest BCUT2D eigenvalue weighted by atomic mass is 10.1.